The van der Waals surface area contributed by atoms with Gasteiger partial charge in [0.1, 0.15) is 18.2 Å². The lowest BCUT2D eigenvalue weighted by molar-refractivity contribution is -0.134. The first-order valence-corrected chi connectivity index (χ1v) is 7.20. The molecule has 6 nitrogen and oxygen atoms in total. The highest BCUT2D eigenvalue weighted by Gasteiger charge is 2.04. The molecular weight excluding hydrogens is 294 g/mol. The van der Waals surface area contributed by atoms with Gasteiger partial charge in [0.15, 0.2) is 0 Å². The molecule has 1 aromatic heterocycles. The van der Waals surface area contributed by atoms with Crippen LogP contribution in [0.5, 0.6) is 5.75 Å². The summed E-state index contributed by atoms with van der Waals surface area (Å²) in [5, 5.41) is 3.20. The predicted octanol–water partition coefficient (Wildman–Crippen LogP) is 2.54. The SMILES string of the molecule is COC(=O)C=Cc1cnc(N[C@H](C)COc2ccccc2)cn1. The Morgan fingerprint density at radius 1 is 1.26 bits per heavy atom. The fourth-order valence-electron chi connectivity index (χ4n) is 1.75. The van der Waals surface area contributed by atoms with Crippen molar-refractivity contribution in [2.24, 2.45) is 0 Å². The van der Waals surface area contributed by atoms with Crippen molar-refractivity contribution in [1.82, 2.24) is 9.97 Å². The van der Waals surface area contributed by atoms with Gasteiger partial charge in [-0.05, 0) is 25.1 Å². The van der Waals surface area contributed by atoms with Gasteiger partial charge in [0.2, 0.25) is 0 Å². The van der Waals surface area contributed by atoms with E-state index in [1.54, 1.807) is 18.5 Å². The minimum absolute atomic E-state index is 0.0703. The molecule has 0 spiro atoms. The average Bonchev–Trinajstić information content (AvgIpc) is 2.60. The van der Waals surface area contributed by atoms with E-state index >= 15 is 0 Å². The monoisotopic (exact) mass is 313 g/mol. The number of para-hydroxylation sites is 1. The highest BCUT2D eigenvalue weighted by molar-refractivity contribution is 5.86. The second-order valence-corrected chi connectivity index (χ2v) is 4.85. The molecule has 23 heavy (non-hydrogen) atoms. The maximum Gasteiger partial charge on any atom is 0.330 e. The first-order valence-electron chi connectivity index (χ1n) is 7.20. The van der Waals surface area contributed by atoms with Gasteiger partial charge < -0.3 is 14.8 Å². The van der Waals surface area contributed by atoms with E-state index in [0.29, 0.717) is 18.1 Å². The van der Waals surface area contributed by atoms with Crippen LogP contribution < -0.4 is 10.1 Å². The Morgan fingerprint density at radius 3 is 2.70 bits per heavy atom. The van der Waals surface area contributed by atoms with Crippen LogP contribution in [0.4, 0.5) is 5.82 Å². The number of benzene rings is 1. The number of hydrogen-bond acceptors (Lipinski definition) is 6. The Hall–Kier alpha value is -2.89. The van der Waals surface area contributed by atoms with Crippen LogP contribution in [0.2, 0.25) is 0 Å². The number of aromatic nitrogens is 2. The minimum atomic E-state index is -0.430. The maximum atomic E-state index is 11.0. The lowest BCUT2D eigenvalue weighted by atomic mass is 10.3. The number of esters is 1. The van der Waals surface area contributed by atoms with Crippen molar-refractivity contribution >= 4 is 17.9 Å². The molecular formula is C17H19N3O3. The first kappa shape index (κ1) is 16.5. The molecule has 1 N–H and O–H groups in total. The van der Waals surface area contributed by atoms with Crippen LogP contribution in [0.1, 0.15) is 12.6 Å². The van der Waals surface area contributed by atoms with E-state index in [2.05, 4.69) is 20.0 Å². The van der Waals surface area contributed by atoms with Gasteiger partial charge >= 0.3 is 5.97 Å². The molecule has 120 valence electrons. The van der Waals surface area contributed by atoms with Crippen molar-refractivity contribution in [2.75, 3.05) is 19.0 Å². The maximum absolute atomic E-state index is 11.0. The number of carbonyl (C=O) groups is 1. The van der Waals surface area contributed by atoms with E-state index in [1.807, 2.05) is 37.3 Å². The van der Waals surface area contributed by atoms with Crippen molar-refractivity contribution < 1.29 is 14.3 Å². The zero-order chi connectivity index (χ0) is 16.5. The summed E-state index contributed by atoms with van der Waals surface area (Å²) in [5.41, 5.74) is 0.578. The molecule has 0 unspecified atom stereocenters. The van der Waals surface area contributed by atoms with E-state index in [1.165, 1.54) is 13.2 Å². The fraction of sp³-hybridized carbons (Fsp3) is 0.235. The summed E-state index contributed by atoms with van der Waals surface area (Å²) in [5.74, 6) is 1.04. The van der Waals surface area contributed by atoms with Gasteiger partial charge in [-0.15, -0.1) is 0 Å². The number of rotatable bonds is 7. The highest BCUT2D eigenvalue weighted by atomic mass is 16.5. The number of ether oxygens (including phenoxy) is 2. The fourth-order valence-corrected chi connectivity index (χ4v) is 1.75. The summed E-state index contributed by atoms with van der Waals surface area (Å²) < 4.78 is 10.2. The van der Waals surface area contributed by atoms with E-state index < -0.39 is 5.97 Å². The topological polar surface area (TPSA) is 73.3 Å². The summed E-state index contributed by atoms with van der Waals surface area (Å²) in [6.45, 7) is 2.51. The van der Waals surface area contributed by atoms with Crippen LogP contribution in [-0.4, -0.2) is 35.7 Å². The third-order valence-electron chi connectivity index (χ3n) is 2.90. The number of nitrogens with one attached hydrogen (secondary N) is 1. The quantitative estimate of drug-likeness (QED) is 0.625. The molecule has 0 fully saturated rings. The molecule has 2 aromatic rings. The van der Waals surface area contributed by atoms with Gasteiger partial charge in [0.25, 0.3) is 0 Å². The second-order valence-electron chi connectivity index (χ2n) is 4.85. The van der Waals surface area contributed by atoms with Crippen LogP contribution >= 0.6 is 0 Å². The molecule has 1 heterocycles. The van der Waals surface area contributed by atoms with Gasteiger partial charge in [-0.3, -0.25) is 4.98 Å². The molecule has 0 aliphatic carbocycles. The Labute approximate surface area is 135 Å². The van der Waals surface area contributed by atoms with Crippen molar-refractivity contribution in [2.45, 2.75) is 13.0 Å². The van der Waals surface area contributed by atoms with Crippen LogP contribution in [0, 0.1) is 0 Å². The van der Waals surface area contributed by atoms with Gasteiger partial charge in [-0.25, -0.2) is 9.78 Å². The molecule has 0 aliphatic rings. The zero-order valence-corrected chi connectivity index (χ0v) is 13.1. The number of anilines is 1. The Kier molecular flexibility index (Phi) is 6.11. The Bertz CT molecular complexity index is 642. The van der Waals surface area contributed by atoms with E-state index in [0.717, 1.165) is 5.75 Å². The summed E-state index contributed by atoms with van der Waals surface area (Å²) in [6, 6.07) is 9.70. The van der Waals surface area contributed by atoms with Crippen molar-refractivity contribution in [3.8, 4) is 5.75 Å². The van der Waals surface area contributed by atoms with Crippen molar-refractivity contribution in [1.29, 1.82) is 0 Å². The van der Waals surface area contributed by atoms with Gasteiger partial charge in [-0.1, -0.05) is 18.2 Å². The second kappa shape index (κ2) is 8.53. The normalized spacial score (nSPS) is 11.9. The summed E-state index contributed by atoms with van der Waals surface area (Å²) >= 11 is 0. The van der Waals surface area contributed by atoms with Crippen LogP contribution in [0.25, 0.3) is 6.08 Å². The molecule has 1 atom stereocenters. The third kappa shape index (κ3) is 5.78. The van der Waals surface area contributed by atoms with Crippen molar-refractivity contribution in [3.05, 3.63) is 54.5 Å². The molecule has 0 saturated heterocycles. The van der Waals surface area contributed by atoms with Crippen LogP contribution in [0.3, 0.4) is 0 Å². The molecule has 0 bridgehead atoms. The number of carbonyl (C=O) groups excluding carboxylic acids is 1. The highest BCUT2D eigenvalue weighted by Crippen LogP contribution is 2.10. The molecule has 0 radical (unpaired) electrons. The lowest BCUT2D eigenvalue weighted by Gasteiger charge is -2.15. The summed E-state index contributed by atoms with van der Waals surface area (Å²) in [6.07, 6.45) is 6.03. The largest absolute Gasteiger partial charge is 0.491 e. The molecule has 0 saturated carbocycles. The summed E-state index contributed by atoms with van der Waals surface area (Å²) in [7, 11) is 1.32. The Balaban J connectivity index is 1.83. The first-order chi connectivity index (χ1) is 11.2. The predicted molar refractivity (Wildman–Crippen MR) is 88.1 cm³/mol. The van der Waals surface area contributed by atoms with E-state index in [-0.39, 0.29) is 6.04 Å². The lowest BCUT2D eigenvalue weighted by Crippen LogP contribution is -2.24. The molecule has 0 aliphatic heterocycles. The standard InChI is InChI=1S/C17H19N3O3/c1-13(12-23-15-6-4-3-5-7-15)20-16-11-18-14(10-19-16)8-9-17(21)22-2/h3-11,13H,12H2,1-2H3,(H,19,20)/t13-/m1/s1. The smallest absolute Gasteiger partial charge is 0.330 e. The number of nitrogens with zero attached hydrogens (tertiary/aromatic N) is 2. The van der Waals surface area contributed by atoms with Gasteiger partial charge in [0.05, 0.1) is 31.2 Å². The molecule has 0 amide bonds. The van der Waals surface area contributed by atoms with E-state index in [4.69, 9.17) is 4.74 Å². The van der Waals surface area contributed by atoms with E-state index in [9.17, 15) is 4.79 Å². The average molecular weight is 313 g/mol. The number of hydrogen-bond donors (Lipinski definition) is 1. The van der Waals surface area contributed by atoms with Crippen LogP contribution in [-0.2, 0) is 9.53 Å². The molecule has 6 heteroatoms. The zero-order valence-electron chi connectivity index (χ0n) is 13.1. The van der Waals surface area contributed by atoms with Crippen molar-refractivity contribution in [3.63, 3.8) is 0 Å². The number of methoxy groups -OCH3 is 1. The van der Waals surface area contributed by atoms with Gasteiger partial charge in [-0.2, -0.15) is 0 Å². The molecule has 1 aromatic carbocycles. The Morgan fingerprint density at radius 2 is 2.04 bits per heavy atom. The minimum Gasteiger partial charge on any atom is -0.491 e. The summed E-state index contributed by atoms with van der Waals surface area (Å²) in [4.78, 5) is 19.4. The van der Waals surface area contributed by atoms with Crippen LogP contribution in [0.15, 0.2) is 48.8 Å². The molecule has 2 rings (SSSR count). The van der Waals surface area contributed by atoms with Gasteiger partial charge in [0, 0.05) is 6.08 Å². The third-order valence-corrected chi connectivity index (χ3v) is 2.90.